The van der Waals surface area contributed by atoms with E-state index in [-0.39, 0.29) is 6.10 Å². The number of hydrogen-bond donors (Lipinski definition) is 1. The second-order valence-corrected chi connectivity index (χ2v) is 5.69. The van der Waals surface area contributed by atoms with Crippen LogP contribution in [-0.4, -0.2) is 12.6 Å². The molecule has 2 unspecified atom stereocenters. The van der Waals surface area contributed by atoms with Crippen LogP contribution < -0.4 is 10.5 Å². The van der Waals surface area contributed by atoms with E-state index in [1.54, 1.807) is 0 Å². The molecule has 0 aromatic heterocycles. The highest BCUT2D eigenvalue weighted by molar-refractivity contribution is 6.32. The molecule has 18 heavy (non-hydrogen) atoms. The molecule has 0 radical (unpaired) electrons. The summed E-state index contributed by atoms with van der Waals surface area (Å²) in [4.78, 5) is 0. The van der Waals surface area contributed by atoms with Gasteiger partial charge in [0.1, 0.15) is 11.9 Å². The summed E-state index contributed by atoms with van der Waals surface area (Å²) in [6.45, 7) is 4.75. The van der Waals surface area contributed by atoms with E-state index in [1.165, 1.54) is 19.3 Å². The topological polar surface area (TPSA) is 35.2 Å². The molecule has 0 bridgehead atoms. The molecule has 1 aliphatic carbocycles. The molecule has 0 amide bonds. The van der Waals surface area contributed by atoms with Gasteiger partial charge in [-0.2, -0.15) is 0 Å². The molecule has 2 nitrogen and oxygen atoms in total. The van der Waals surface area contributed by atoms with Gasteiger partial charge in [0.25, 0.3) is 0 Å². The first-order valence-electron chi connectivity index (χ1n) is 6.75. The van der Waals surface area contributed by atoms with E-state index in [4.69, 9.17) is 22.1 Å². The van der Waals surface area contributed by atoms with Crippen LogP contribution >= 0.6 is 11.6 Å². The van der Waals surface area contributed by atoms with Gasteiger partial charge in [-0.15, -0.1) is 0 Å². The summed E-state index contributed by atoms with van der Waals surface area (Å²) < 4.78 is 6.14. The van der Waals surface area contributed by atoms with Crippen molar-refractivity contribution in [2.24, 2.45) is 11.7 Å². The Morgan fingerprint density at radius 2 is 1.83 bits per heavy atom. The Labute approximate surface area is 114 Å². The molecule has 0 heterocycles. The summed E-state index contributed by atoms with van der Waals surface area (Å²) in [6, 6.07) is 4.05. The molecule has 0 spiro atoms. The Kier molecular flexibility index (Phi) is 4.52. The van der Waals surface area contributed by atoms with Gasteiger partial charge in [-0.1, -0.05) is 18.0 Å². The third kappa shape index (κ3) is 2.99. The summed E-state index contributed by atoms with van der Waals surface area (Å²) >= 11 is 6.17. The Bertz CT molecular complexity index is 396. The van der Waals surface area contributed by atoms with Gasteiger partial charge in [-0.25, -0.2) is 0 Å². The van der Waals surface area contributed by atoms with Crippen LogP contribution in [0.3, 0.4) is 0 Å². The van der Waals surface area contributed by atoms with Crippen molar-refractivity contribution < 1.29 is 4.74 Å². The van der Waals surface area contributed by atoms with Gasteiger partial charge in [0.05, 0.1) is 0 Å². The minimum atomic E-state index is 0.267. The zero-order valence-corrected chi connectivity index (χ0v) is 12.0. The number of rotatable bonds is 3. The summed E-state index contributed by atoms with van der Waals surface area (Å²) in [5, 5.41) is 0.835. The van der Waals surface area contributed by atoms with Crippen molar-refractivity contribution in [1.82, 2.24) is 0 Å². The van der Waals surface area contributed by atoms with E-state index >= 15 is 0 Å². The van der Waals surface area contributed by atoms with Gasteiger partial charge >= 0.3 is 0 Å². The molecule has 1 aliphatic rings. The first-order chi connectivity index (χ1) is 8.61. The zero-order valence-electron chi connectivity index (χ0n) is 11.2. The van der Waals surface area contributed by atoms with Crippen LogP contribution in [0.25, 0.3) is 0 Å². The van der Waals surface area contributed by atoms with Crippen molar-refractivity contribution in [2.75, 3.05) is 6.54 Å². The van der Waals surface area contributed by atoms with Crippen molar-refractivity contribution >= 4 is 11.6 Å². The Morgan fingerprint density at radius 1 is 1.22 bits per heavy atom. The van der Waals surface area contributed by atoms with Gasteiger partial charge in [-0.05, 0) is 62.9 Å². The average molecular weight is 268 g/mol. The lowest BCUT2D eigenvalue weighted by Gasteiger charge is -2.31. The fourth-order valence-corrected chi connectivity index (χ4v) is 2.86. The molecule has 1 aromatic rings. The highest BCUT2D eigenvalue weighted by atomic mass is 35.5. The molecule has 1 saturated carbocycles. The van der Waals surface area contributed by atoms with E-state index in [9.17, 15) is 0 Å². The Balaban J connectivity index is 2.13. The number of aryl methyl sites for hydroxylation is 2. The molecular weight excluding hydrogens is 246 g/mol. The van der Waals surface area contributed by atoms with Gasteiger partial charge < -0.3 is 10.5 Å². The number of nitrogens with two attached hydrogens (primary N) is 1. The fourth-order valence-electron chi connectivity index (χ4n) is 2.75. The lowest BCUT2D eigenvalue weighted by molar-refractivity contribution is 0.0969. The molecule has 1 aromatic carbocycles. The van der Waals surface area contributed by atoms with Crippen LogP contribution in [0.1, 0.15) is 36.8 Å². The Hall–Kier alpha value is -0.730. The fraction of sp³-hybridized carbons (Fsp3) is 0.600. The smallest absolute Gasteiger partial charge is 0.120 e. The molecule has 3 heteroatoms. The van der Waals surface area contributed by atoms with Crippen molar-refractivity contribution in [3.8, 4) is 5.75 Å². The summed E-state index contributed by atoms with van der Waals surface area (Å²) in [6.07, 6.45) is 5.09. The molecule has 100 valence electrons. The summed E-state index contributed by atoms with van der Waals surface area (Å²) in [7, 11) is 0. The predicted molar refractivity (Wildman–Crippen MR) is 76.4 cm³/mol. The Morgan fingerprint density at radius 3 is 2.44 bits per heavy atom. The maximum absolute atomic E-state index is 6.17. The maximum Gasteiger partial charge on any atom is 0.120 e. The highest BCUT2D eigenvalue weighted by Gasteiger charge is 2.25. The average Bonchev–Trinajstić information content (AvgIpc) is 2.36. The quantitative estimate of drug-likeness (QED) is 0.903. The van der Waals surface area contributed by atoms with Gasteiger partial charge in [0.2, 0.25) is 0 Å². The first-order valence-corrected chi connectivity index (χ1v) is 7.13. The lowest BCUT2D eigenvalue weighted by Crippen LogP contribution is -2.35. The van der Waals surface area contributed by atoms with Crippen LogP contribution in [0.5, 0.6) is 5.75 Å². The van der Waals surface area contributed by atoms with Crippen LogP contribution in [0.4, 0.5) is 0 Å². The summed E-state index contributed by atoms with van der Waals surface area (Å²) in [5.74, 6) is 1.43. The van der Waals surface area contributed by atoms with E-state index in [2.05, 4.69) is 0 Å². The first kappa shape index (κ1) is 13.7. The van der Waals surface area contributed by atoms with Crippen LogP contribution in [0, 0.1) is 19.8 Å². The van der Waals surface area contributed by atoms with Gasteiger partial charge in [0.15, 0.2) is 0 Å². The second-order valence-electron chi connectivity index (χ2n) is 5.31. The normalized spacial score (nSPS) is 24.0. The van der Waals surface area contributed by atoms with Crippen molar-refractivity contribution in [1.29, 1.82) is 0 Å². The number of hydrogen-bond acceptors (Lipinski definition) is 2. The number of halogens is 1. The van der Waals surface area contributed by atoms with Crippen molar-refractivity contribution in [2.45, 2.75) is 45.6 Å². The minimum absolute atomic E-state index is 0.267. The molecule has 2 N–H and O–H groups in total. The zero-order chi connectivity index (χ0) is 13.1. The molecule has 0 saturated heterocycles. The van der Waals surface area contributed by atoms with Crippen LogP contribution in [0.15, 0.2) is 12.1 Å². The van der Waals surface area contributed by atoms with Gasteiger partial charge in [-0.3, -0.25) is 0 Å². The second kappa shape index (κ2) is 5.94. The largest absolute Gasteiger partial charge is 0.490 e. The van der Waals surface area contributed by atoms with Crippen molar-refractivity contribution in [3.05, 3.63) is 28.3 Å². The van der Waals surface area contributed by atoms with E-state index in [0.29, 0.717) is 5.92 Å². The molecule has 0 aliphatic heterocycles. The number of benzene rings is 1. The third-order valence-electron chi connectivity index (χ3n) is 3.84. The third-order valence-corrected chi connectivity index (χ3v) is 4.44. The predicted octanol–water partition coefficient (Wildman–Crippen LogP) is 3.85. The molecule has 1 fully saturated rings. The standard InChI is InChI=1S/C15H22ClNO/c1-10-7-13(8-11(2)15(10)16)18-14-6-4-3-5-12(14)9-17/h7-8,12,14H,3-6,9,17H2,1-2H3. The SMILES string of the molecule is Cc1cc(OC2CCCCC2CN)cc(C)c1Cl. The maximum atomic E-state index is 6.17. The minimum Gasteiger partial charge on any atom is -0.490 e. The monoisotopic (exact) mass is 267 g/mol. The van der Waals surface area contributed by atoms with E-state index in [1.807, 2.05) is 26.0 Å². The van der Waals surface area contributed by atoms with E-state index < -0.39 is 0 Å². The van der Waals surface area contributed by atoms with Crippen LogP contribution in [0.2, 0.25) is 5.02 Å². The number of ether oxygens (including phenoxy) is 1. The molecular formula is C15H22ClNO. The molecule has 2 atom stereocenters. The molecule has 2 rings (SSSR count). The van der Waals surface area contributed by atoms with Crippen molar-refractivity contribution in [3.63, 3.8) is 0 Å². The van der Waals surface area contributed by atoms with E-state index in [0.717, 1.165) is 34.9 Å². The highest BCUT2D eigenvalue weighted by Crippen LogP contribution is 2.31. The van der Waals surface area contributed by atoms with Crippen LogP contribution in [-0.2, 0) is 0 Å². The lowest BCUT2D eigenvalue weighted by atomic mass is 9.86. The summed E-state index contributed by atoms with van der Waals surface area (Å²) in [5.41, 5.74) is 7.98. The van der Waals surface area contributed by atoms with Gasteiger partial charge in [0, 0.05) is 10.9 Å².